The molecule has 0 aliphatic carbocycles. The lowest BCUT2D eigenvalue weighted by atomic mass is 9.98. The molecular formula is C22H23ClFNO6S. The smallest absolute Gasteiger partial charge is 0.163 e. The Morgan fingerprint density at radius 1 is 1.12 bits per heavy atom. The third-order valence-electron chi connectivity index (χ3n) is 5.34. The van der Waals surface area contributed by atoms with Gasteiger partial charge in [0.25, 0.3) is 0 Å². The Hall–Kier alpha value is -1.85. The van der Waals surface area contributed by atoms with Crippen LogP contribution in [0.4, 0.5) is 4.39 Å². The number of fused-ring (bicyclic) bond motifs is 1. The zero-order valence-corrected chi connectivity index (χ0v) is 18.6. The Morgan fingerprint density at radius 2 is 1.91 bits per heavy atom. The highest BCUT2D eigenvalue weighted by Crippen LogP contribution is 2.42. The van der Waals surface area contributed by atoms with Crippen LogP contribution in [0.2, 0.25) is 5.02 Å². The van der Waals surface area contributed by atoms with Gasteiger partial charge in [-0.15, -0.1) is 0 Å². The average Bonchev–Trinajstić information content (AvgIpc) is 3.14. The molecular weight excluding hydrogens is 461 g/mol. The first-order valence-electron chi connectivity index (χ1n) is 10.1. The van der Waals surface area contributed by atoms with Gasteiger partial charge in [-0.1, -0.05) is 35.5 Å². The summed E-state index contributed by atoms with van der Waals surface area (Å²) in [5.74, 6) is -0.0159. The van der Waals surface area contributed by atoms with Gasteiger partial charge >= 0.3 is 0 Å². The average molecular weight is 484 g/mol. The molecule has 2 aromatic carbocycles. The van der Waals surface area contributed by atoms with Crippen LogP contribution >= 0.6 is 23.4 Å². The molecule has 1 fully saturated rings. The number of nitrogens with zero attached hydrogens (tertiary/aromatic N) is 1. The fourth-order valence-electron chi connectivity index (χ4n) is 3.77. The van der Waals surface area contributed by atoms with E-state index >= 15 is 0 Å². The van der Waals surface area contributed by atoms with Crippen molar-refractivity contribution in [2.24, 2.45) is 0 Å². The van der Waals surface area contributed by atoms with Gasteiger partial charge in [-0.3, -0.25) is 0 Å². The summed E-state index contributed by atoms with van der Waals surface area (Å²) in [6.45, 7) is 1.70. The van der Waals surface area contributed by atoms with E-state index in [0.29, 0.717) is 38.1 Å². The summed E-state index contributed by atoms with van der Waals surface area (Å²) >= 11 is 7.61. The van der Waals surface area contributed by atoms with Gasteiger partial charge in [-0.2, -0.15) is 0 Å². The lowest BCUT2D eigenvalue weighted by molar-refractivity contribution is -0.250. The van der Waals surface area contributed by atoms with Crippen LogP contribution in [0, 0.1) is 5.82 Å². The highest BCUT2D eigenvalue weighted by atomic mass is 35.5. The van der Waals surface area contributed by atoms with E-state index in [-0.39, 0.29) is 0 Å². The summed E-state index contributed by atoms with van der Waals surface area (Å²) in [5.41, 5.74) is 0.507. The second kappa shape index (κ2) is 9.56. The van der Waals surface area contributed by atoms with Crippen LogP contribution in [0.5, 0.6) is 5.75 Å². The summed E-state index contributed by atoms with van der Waals surface area (Å²) < 4.78 is 27.2. The second-order valence-corrected chi connectivity index (χ2v) is 8.87. The number of ether oxygens (including phenoxy) is 2. The van der Waals surface area contributed by atoms with Crippen LogP contribution in [0.3, 0.4) is 0 Å². The Morgan fingerprint density at radius 3 is 2.59 bits per heavy atom. The fraction of sp³-hybridized carbons (Fsp3) is 0.364. The number of benzene rings is 2. The van der Waals surface area contributed by atoms with Crippen molar-refractivity contribution in [1.82, 2.24) is 4.57 Å². The van der Waals surface area contributed by atoms with Crippen molar-refractivity contribution in [1.29, 1.82) is 0 Å². The highest BCUT2D eigenvalue weighted by Gasteiger charge is 2.44. The van der Waals surface area contributed by atoms with Crippen LogP contribution in [0.15, 0.2) is 52.4 Å². The molecule has 4 N–H and O–H groups in total. The maximum atomic E-state index is 14.7. The van der Waals surface area contributed by atoms with E-state index in [1.165, 1.54) is 10.6 Å². The maximum Gasteiger partial charge on any atom is 0.163 e. The largest absolute Gasteiger partial charge is 0.494 e. The number of halogens is 2. The van der Waals surface area contributed by atoms with Crippen molar-refractivity contribution in [3.05, 3.63) is 53.4 Å². The van der Waals surface area contributed by atoms with Crippen LogP contribution in [-0.2, 0) is 4.74 Å². The van der Waals surface area contributed by atoms with E-state index < -0.39 is 43.1 Å². The first-order chi connectivity index (χ1) is 15.3. The molecule has 4 rings (SSSR count). The predicted octanol–water partition coefficient (Wildman–Crippen LogP) is 2.96. The van der Waals surface area contributed by atoms with E-state index in [1.807, 2.05) is 6.92 Å². The summed E-state index contributed by atoms with van der Waals surface area (Å²) in [6, 6.07) is 9.83. The summed E-state index contributed by atoms with van der Waals surface area (Å²) in [7, 11) is 0. The minimum atomic E-state index is -1.54. The molecule has 0 spiro atoms. The minimum absolute atomic E-state index is 0.360. The SMILES string of the molecule is CCOc1ccc(Sc2cn([C@@H]3O[C@H](CO)[C@@H](O)[C@H](O)[C@H]3O)c3c(Cl)cccc23)c(F)c1. The first kappa shape index (κ1) is 23.3. The summed E-state index contributed by atoms with van der Waals surface area (Å²) in [6.07, 6.45) is -5.06. The van der Waals surface area contributed by atoms with Crippen molar-refractivity contribution < 1.29 is 34.3 Å². The van der Waals surface area contributed by atoms with Gasteiger partial charge in [0.1, 0.15) is 36.0 Å². The lowest BCUT2D eigenvalue weighted by Gasteiger charge is -2.40. The van der Waals surface area contributed by atoms with Crippen LogP contribution in [-0.4, -0.2) is 62.6 Å². The molecule has 1 saturated heterocycles. The Bertz CT molecular complexity index is 1110. The van der Waals surface area contributed by atoms with Gasteiger partial charge in [-0.25, -0.2) is 4.39 Å². The number of aromatic nitrogens is 1. The molecule has 0 radical (unpaired) electrons. The normalized spacial score (nSPS) is 25.9. The molecule has 7 nitrogen and oxygen atoms in total. The molecule has 2 heterocycles. The number of aliphatic hydroxyl groups is 4. The van der Waals surface area contributed by atoms with Crippen molar-refractivity contribution >= 4 is 34.3 Å². The Labute approximate surface area is 192 Å². The minimum Gasteiger partial charge on any atom is -0.494 e. The lowest BCUT2D eigenvalue weighted by Crippen LogP contribution is -2.56. The van der Waals surface area contributed by atoms with E-state index in [2.05, 4.69) is 0 Å². The number of hydrogen-bond donors (Lipinski definition) is 4. The molecule has 0 saturated carbocycles. The Kier molecular flexibility index (Phi) is 6.97. The standard InChI is InChI=1S/C22H23ClFNO6S/c1-2-30-11-6-7-16(14(24)8-11)32-17-9-25(18-12(17)4-3-5-13(18)23)22-21(29)20(28)19(27)15(10-26)31-22/h3-9,15,19-22,26-29H,2,10H2,1H3/t15-,19-,20+,21-,22-/m1/s1. The van der Waals surface area contributed by atoms with E-state index in [4.69, 9.17) is 21.1 Å². The number of para-hydroxylation sites is 1. The van der Waals surface area contributed by atoms with Crippen molar-refractivity contribution in [3.8, 4) is 5.75 Å². The topological polar surface area (TPSA) is 104 Å². The number of aliphatic hydroxyl groups excluding tert-OH is 4. The van der Waals surface area contributed by atoms with Gasteiger partial charge in [-0.05, 0) is 25.1 Å². The molecule has 0 bridgehead atoms. The second-order valence-electron chi connectivity index (χ2n) is 7.38. The zero-order chi connectivity index (χ0) is 23.0. The quantitative estimate of drug-likeness (QED) is 0.427. The van der Waals surface area contributed by atoms with Gasteiger partial charge in [0.15, 0.2) is 6.23 Å². The van der Waals surface area contributed by atoms with Gasteiger partial charge < -0.3 is 34.5 Å². The molecule has 3 aromatic rings. The van der Waals surface area contributed by atoms with Crippen molar-refractivity contribution in [2.45, 2.75) is 47.4 Å². The third kappa shape index (κ3) is 4.22. The fourth-order valence-corrected chi connectivity index (χ4v) is 5.01. The zero-order valence-electron chi connectivity index (χ0n) is 17.1. The molecule has 10 heteroatoms. The van der Waals surface area contributed by atoms with Crippen LogP contribution in [0.25, 0.3) is 10.9 Å². The molecule has 1 aliphatic heterocycles. The maximum absolute atomic E-state index is 14.7. The molecule has 1 aromatic heterocycles. The number of hydrogen-bond acceptors (Lipinski definition) is 7. The van der Waals surface area contributed by atoms with Gasteiger partial charge in [0.05, 0.1) is 23.8 Å². The Balaban J connectivity index is 1.76. The highest BCUT2D eigenvalue weighted by molar-refractivity contribution is 7.99. The van der Waals surface area contributed by atoms with E-state index in [9.17, 15) is 24.8 Å². The predicted molar refractivity (Wildman–Crippen MR) is 118 cm³/mol. The molecule has 0 unspecified atom stereocenters. The third-order valence-corrected chi connectivity index (χ3v) is 6.74. The van der Waals surface area contributed by atoms with Crippen molar-refractivity contribution in [2.75, 3.05) is 13.2 Å². The summed E-state index contributed by atoms with van der Waals surface area (Å²) in [4.78, 5) is 1.00. The first-order valence-corrected chi connectivity index (χ1v) is 11.2. The van der Waals surface area contributed by atoms with Crippen molar-refractivity contribution in [3.63, 3.8) is 0 Å². The van der Waals surface area contributed by atoms with Gasteiger partial charge in [0, 0.05) is 27.4 Å². The molecule has 5 atom stereocenters. The molecule has 0 amide bonds. The monoisotopic (exact) mass is 483 g/mol. The summed E-state index contributed by atoms with van der Waals surface area (Å²) in [5, 5.41) is 41.5. The van der Waals surface area contributed by atoms with Gasteiger partial charge in [0.2, 0.25) is 0 Å². The van der Waals surface area contributed by atoms with E-state index in [0.717, 1.165) is 11.8 Å². The molecule has 32 heavy (non-hydrogen) atoms. The molecule has 1 aliphatic rings. The van der Waals surface area contributed by atoms with Crippen LogP contribution < -0.4 is 4.74 Å². The van der Waals surface area contributed by atoms with E-state index in [1.54, 1.807) is 36.5 Å². The number of rotatable bonds is 6. The molecule has 172 valence electrons. The van der Waals surface area contributed by atoms with Crippen LogP contribution in [0.1, 0.15) is 13.2 Å².